The zero-order valence-corrected chi connectivity index (χ0v) is 19.7. The predicted octanol–water partition coefficient (Wildman–Crippen LogP) is 5.87. The van der Waals surface area contributed by atoms with E-state index in [9.17, 15) is 4.79 Å². The average molecular weight is 532 g/mol. The van der Waals surface area contributed by atoms with Crippen LogP contribution in [0.15, 0.2) is 74.7 Å². The van der Waals surface area contributed by atoms with Gasteiger partial charge in [-0.25, -0.2) is 5.43 Å². The quantitative estimate of drug-likeness (QED) is 0.306. The van der Waals surface area contributed by atoms with Crippen LogP contribution < -0.4 is 14.9 Å². The van der Waals surface area contributed by atoms with Gasteiger partial charge in [0, 0.05) is 10.0 Å². The molecule has 0 aliphatic rings. The highest BCUT2D eigenvalue weighted by Gasteiger charge is 2.12. The molecule has 0 heterocycles. The van der Waals surface area contributed by atoms with E-state index in [0.717, 1.165) is 25.6 Å². The van der Waals surface area contributed by atoms with Gasteiger partial charge in [0.05, 0.1) is 17.8 Å². The monoisotopic (exact) mass is 530 g/mol. The van der Waals surface area contributed by atoms with Gasteiger partial charge >= 0.3 is 0 Å². The molecule has 1 N–H and O–H groups in total. The molecule has 1 amide bonds. The summed E-state index contributed by atoms with van der Waals surface area (Å²) in [4.78, 5) is 12.3. The van der Waals surface area contributed by atoms with E-state index in [4.69, 9.17) is 9.47 Å². The van der Waals surface area contributed by atoms with Crippen LogP contribution in [0.5, 0.6) is 11.5 Å². The number of benzene rings is 3. The van der Waals surface area contributed by atoms with Gasteiger partial charge in [0.25, 0.3) is 5.91 Å². The first kappa shape index (κ1) is 22.1. The minimum Gasteiger partial charge on any atom is -0.493 e. The second kappa shape index (κ2) is 10.4. The first-order valence-electron chi connectivity index (χ1n) is 9.11. The number of hydrogen-bond donors (Lipinski definition) is 1. The second-order valence-corrected chi connectivity index (χ2v) is 8.23. The summed E-state index contributed by atoms with van der Waals surface area (Å²) in [7, 11) is 1.58. The van der Waals surface area contributed by atoms with Gasteiger partial charge in [-0.1, -0.05) is 46.3 Å². The Hall–Kier alpha value is -2.64. The van der Waals surface area contributed by atoms with E-state index in [0.29, 0.717) is 23.7 Å². The smallest absolute Gasteiger partial charge is 0.271 e. The van der Waals surface area contributed by atoms with Crippen LogP contribution in [0.1, 0.15) is 27.0 Å². The van der Waals surface area contributed by atoms with E-state index < -0.39 is 0 Å². The first-order valence-corrected chi connectivity index (χ1v) is 10.7. The van der Waals surface area contributed by atoms with Crippen LogP contribution in [0.25, 0.3) is 0 Å². The van der Waals surface area contributed by atoms with Crippen molar-refractivity contribution in [3.05, 3.63) is 91.9 Å². The molecule has 0 aromatic heterocycles. The van der Waals surface area contributed by atoms with Crippen LogP contribution in [-0.2, 0) is 6.61 Å². The number of carbonyl (C=O) groups excluding carboxylic acids is 1. The number of nitrogens with zero attached hydrogens (tertiary/aromatic N) is 1. The number of amides is 1. The minimum atomic E-state index is -0.259. The maximum atomic E-state index is 12.3. The number of aryl methyl sites for hydroxylation is 1. The highest BCUT2D eigenvalue weighted by atomic mass is 79.9. The Morgan fingerprint density at radius 3 is 2.53 bits per heavy atom. The molecular formula is C23H20Br2N2O3. The molecule has 0 fully saturated rings. The fourth-order valence-corrected chi connectivity index (χ4v) is 3.58. The Labute approximate surface area is 192 Å². The van der Waals surface area contributed by atoms with Crippen LogP contribution in [0.3, 0.4) is 0 Å². The standard InChI is InChI=1S/C23H20Br2N2O3/c1-15-5-3-4-6-19(15)23(28)27-26-13-17-11-20(25)22(21(12-17)29-2)30-14-16-7-9-18(24)10-8-16/h3-13H,14H2,1-2H3,(H,27,28)/b26-13-. The summed E-state index contributed by atoms with van der Waals surface area (Å²) in [6.07, 6.45) is 1.56. The number of carbonyl (C=O) groups is 1. The third-order valence-electron chi connectivity index (χ3n) is 4.32. The number of nitrogens with one attached hydrogen (secondary N) is 1. The summed E-state index contributed by atoms with van der Waals surface area (Å²) in [5.41, 5.74) is 5.82. The Morgan fingerprint density at radius 2 is 1.83 bits per heavy atom. The molecule has 7 heteroatoms. The molecule has 0 aliphatic carbocycles. The molecule has 0 unspecified atom stereocenters. The number of hydrazone groups is 1. The molecule has 0 bridgehead atoms. The van der Waals surface area contributed by atoms with E-state index >= 15 is 0 Å². The molecule has 0 saturated carbocycles. The fourth-order valence-electron chi connectivity index (χ4n) is 2.74. The van der Waals surface area contributed by atoms with Gasteiger partial charge in [-0.3, -0.25) is 4.79 Å². The second-order valence-electron chi connectivity index (χ2n) is 6.46. The van der Waals surface area contributed by atoms with E-state index in [1.807, 2.05) is 55.5 Å². The lowest BCUT2D eigenvalue weighted by Gasteiger charge is -2.13. The van der Waals surface area contributed by atoms with E-state index in [2.05, 4.69) is 42.4 Å². The molecule has 3 aromatic rings. The lowest BCUT2D eigenvalue weighted by atomic mass is 10.1. The third kappa shape index (κ3) is 5.70. The highest BCUT2D eigenvalue weighted by molar-refractivity contribution is 9.10. The average Bonchev–Trinajstić information content (AvgIpc) is 2.74. The number of methoxy groups -OCH3 is 1. The third-order valence-corrected chi connectivity index (χ3v) is 5.44. The summed E-state index contributed by atoms with van der Waals surface area (Å²) in [6.45, 7) is 2.29. The van der Waals surface area contributed by atoms with E-state index in [1.54, 1.807) is 25.5 Å². The molecule has 30 heavy (non-hydrogen) atoms. The van der Waals surface area contributed by atoms with Crippen molar-refractivity contribution in [2.75, 3.05) is 7.11 Å². The molecule has 0 radical (unpaired) electrons. The maximum Gasteiger partial charge on any atom is 0.271 e. The summed E-state index contributed by atoms with van der Waals surface area (Å²) in [5.74, 6) is 0.902. The van der Waals surface area contributed by atoms with Crippen molar-refractivity contribution >= 4 is 44.0 Å². The van der Waals surface area contributed by atoms with Gasteiger partial charge < -0.3 is 9.47 Å². The number of halogens is 2. The van der Waals surface area contributed by atoms with Crippen LogP contribution in [-0.4, -0.2) is 19.2 Å². The summed E-state index contributed by atoms with van der Waals surface area (Å²) >= 11 is 6.95. The molecule has 154 valence electrons. The Kier molecular flexibility index (Phi) is 7.65. The van der Waals surface area contributed by atoms with Gasteiger partial charge in [-0.2, -0.15) is 5.10 Å². The molecule has 3 rings (SSSR count). The lowest BCUT2D eigenvalue weighted by molar-refractivity contribution is 0.0954. The van der Waals surface area contributed by atoms with Crippen molar-refractivity contribution in [2.24, 2.45) is 5.10 Å². The number of rotatable bonds is 7. The molecule has 0 saturated heterocycles. The Bertz CT molecular complexity index is 1070. The van der Waals surface area contributed by atoms with Crippen molar-refractivity contribution in [3.63, 3.8) is 0 Å². The van der Waals surface area contributed by atoms with Gasteiger partial charge in [0.15, 0.2) is 11.5 Å². The van der Waals surface area contributed by atoms with Crippen molar-refractivity contribution in [3.8, 4) is 11.5 Å². The topological polar surface area (TPSA) is 59.9 Å². The zero-order chi connectivity index (χ0) is 21.5. The summed E-state index contributed by atoms with van der Waals surface area (Å²) in [5, 5.41) is 4.06. The number of hydrogen-bond acceptors (Lipinski definition) is 4. The van der Waals surface area contributed by atoms with Crippen LogP contribution in [0.4, 0.5) is 0 Å². The molecule has 0 spiro atoms. The van der Waals surface area contributed by atoms with Crippen molar-refractivity contribution in [2.45, 2.75) is 13.5 Å². The van der Waals surface area contributed by atoms with Gasteiger partial charge in [-0.05, 0) is 69.9 Å². The fraction of sp³-hybridized carbons (Fsp3) is 0.130. The largest absolute Gasteiger partial charge is 0.493 e. The molecule has 0 aliphatic heterocycles. The zero-order valence-electron chi connectivity index (χ0n) is 16.5. The van der Waals surface area contributed by atoms with Crippen molar-refractivity contribution in [1.82, 2.24) is 5.43 Å². The Morgan fingerprint density at radius 1 is 1.10 bits per heavy atom. The molecule has 0 atom stereocenters. The lowest BCUT2D eigenvalue weighted by Crippen LogP contribution is -2.18. The predicted molar refractivity (Wildman–Crippen MR) is 125 cm³/mol. The molecule has 5 nitrogen and oxygen atoms in total. The minimum absolute atomic E-state index is 0.259. The number of ether oxygens (including phenoxy) is 2. The van der Waals surface area contributed by atoms with Crippen molar-refractivity contribution in [1.29, 1.82) is 0 Å². The maximum absolute atomic E-state index is 12.3. The first-order chi connectivity index (χ1) is 14.5. The van der Waals surface area contributed by atoms with Gasteiger partial charge in [-0.15, -0.1) is 0 Å². The van der Waals surface area contributed by atoms with Crippen LogP contribution >= 0.6 is 31.9 Å². The molecule has 3 aromatic carbocycles. The van der Waals surface area contributed by atoms with E-state index in [-0.39, 0.29) is 5.91 Å². The SMILES string of the molecule is COc1cc(/C=N\NC(=O)c2ccccc2C)cc(Br)c1OCc1ccc(Br)cc1. The van der Waals surface area contributed by atoms with Crippen LogP contribution in [0.2, 0.25) is 0 Å². The van der Waals surface area contributed by atoms with Gasteiger partial charge in [0.1, 0.15) is 6.61 Å². The van der Waals surface area contributed by atoms with E-state index in [1.165, 1.54) is 0 Å². The van der Waals surface area contributed by atoms with Gasteiger partial charge in [0.2, 0.25) is 0 Å². The highest BCUT2D eigenvalue weighted by Crippen LogP contribution is 2.36. The van der Waals surface area contributed by atoms with Crippen molar-refractivity contribution < 1.29 is 14.3 Å². The summed E-state index contributed by atoms with van der Waals surface area (Å²) in [6, 6.07) is 18.9. The molecular weight excluding hydrogens is 512 g/mol. The summed E-state index contributed by atoms with van der Waals surface area (Å²) < 4.78 is 13.2. The van der Waals surface area contributed by atoms with Crippen LogP contribution in [0, 0.1) is 6.92 Å². The normalized spacial score (nSPS) is 10.8. The Balaban J connectivity index is 1.70.